The first-order valence-electron chi connectivity index (χ1n) is 8.96. The van der Waals surface area contributed by atoms with Gasteiger partial charge in [0.05, 0.1) is 0 Å². The largest absolute Gasteiger partial charge is 0.273 e. The SMILES string of the molecule is CCCCCC1CCC(C(=O)NNC(=O)c2ccc(F)cc2)CC1. The second-order valence-electron chi connectivity index (χ2n) is 6.66. The molecule has 2 rings (SSSR count). The zero-order valence-corrected chi connectivity index (χ0v) is 14.3. The molecule has 0 heterocycles. The van der Waals surface area contributed by atoms with Crippen LogP contribution in [0.4, 0.5) is 4.39 Å². The van der Waals surface area contributed by atoms with Gasteiger partial charge in [0, 0.05) is 11.5 Å². The third-order valence-corrected chi connectivity index (χ3v) is 4.84. The molecule has 1 aromatic carbocycles. The van der Waals surface area contributed by atoms with Crippen molar-refractivity contribution in [1.29, 1.82) is 0 Å². The molecule has 0 aliphatic heterocycles. The van der Waals surface area contributed by atoms with Crippen LogP contribution in [-0.2, 0) is 4.79 Å². The Hall–Kier alpha value is -1.91. The van der Waals surface area contributed by atoms with Gasteiger partial charge in [0.2, 0.25) is 5.91 Å². The van der Waals surface area contributed by atoms with Crippen LogP contribution in [0.5, 0.6) is 0 Å². The predicted molar refractivity (Wildman–Crippen MR) is 91.6 cm³/mol. The van der Waals surface area contributed by atoms with E-state index in [1.807, 2.05) is 0 Å². The highest BCUT2D eigenvalue weighted by atomic mass is 19.1. The van der Waals surface area contributed by atoms with E-state index in [9.17, 15) is 14.0 Å². The Bertz CT molecular complexity index is 537. The third-order valence-electron chi connectivity index (χ3n) is 4.84. The number of halogens is 1. The molecular formula is C19H27FN2O2. The first kappa shape index (κ1) is 18.4. The molecule has 0 spiro atoms. The Kier molecular flexibility index (Phi) is 7.22. The Morgan fingerprint density at radius 1 is 1.04 bits per heavy atom. The molecule has 0 radical (unpaired) electrons. The lowest BCUT2D eigenvalue weighted by molar-refractivity contribution is -0.127. The molecule has 1 fully saturated rings. The van der Waals surface area contributed by atoms with Gasteiger partial charge in [0.25, 0.3) is 5.91 Å². The van der Waals surface area contributed by atoms with Crippen molar-refractivity contribution in [2.75, 3.05) is 0 Å². The van der Waals surface area contributed by atoms with E-state index in [-0.39, 0.29) is 11.8 Å². The van der Waals surface area contributed by atoms with Crippen molar-refractivity contribution in [3.63, 3.8) is 0 Å². The molecule has 0 saturated heterocycles. The van der Waals surface area contributed by atoms with E-state index in [4.69, 9.17) is 0 Å². The van der Waals surface area contributed by atoms with Crippen molar-refractivity contribution in [2.24, 2.45) is 11.8 Å². The zero-order chi connectivity index (χ0) is 17.4. The lowest BCUT2D eigenvalue weighted by atomic mass is 9.79. The van der Waals surface area contributed by atoms with Crippen molar-refractivity contribution in [3.05, 3.63) is 35.6 Å². The monoisotopic (exact) mass is 334 g/mol. The first-order valence-corrected chi connectivity index (χ1v) is 8.96. The minimum atomic E-state index is -0.434. The summed E-state index contributed by atoms with van der Waals surface area (Å²) in [7, 11) is 0. The summed E-state index contributed by atoms with van der Waals surface area (Å²) in [6.07, 6.45) is 9.03. The van der Waals surface area contributed by atoms with E-state index in [0.29, 0.717) is 5.56 Å². The smallest absolute Gasteiger partial charge is 0.269 e. The van der Waals surface area contributed by atoms with Gasteiger partial charge in [0.1, 0.15) is 5.82 Å². The van der Waals surface area contributed by atoms with Gasteiger partial charge in [0.15, 0.2) is 0 Å². The van der Waals surface area contributed by atoms with E-state index < -0.39 is 11.7 Å². The highest BCUT2D eigenvalue weighted by Crippen LogP contribution is 2.32. The second kappa shape index (κ2) is 9.40. The van der Waals surface area contributed by atoms with Gasteiger partial charge in [-0.25, -0.2) is 4.39 Å². The molecule has 5 heteroatoms. The molecule has 1 aromatic rings. The molecule has 132 valence electrons. The van der Waals surface area contributed by atoms with Crippen LogP contribution in [0.25, 0.3) is 0 Å². The summed E-state index contributed by atoms with van der Waals surface area (Å²) >= 11 is 0. The number of hydrogen-bond donors (Lipinski definition) is 2. The van der Waals surface area contributed by atoms with Gasteiger partial charge in [-0.3, -0.25) is 20.4 Å². The average molecular weight is 334 g/mol. The minimum absolute atomic E-state index is 0.0269. The number of rotatable bonds is 6. The maximum atomic E-state index is 12.8. The molecule has 24 heavy (non-hydrogen) atoms. The zero-order valence-electron chi connectivity index (χ0n) is 14.3. The summed E-state index contributed by atoms with van der Waals surface area (Å²) in [6, 6.07) is 5.21. The second-order valence-corrected chi connectivity index (χ2v) is 6.66. The maximum Gasteiger partial charge on any atom is 0.269 e. The number of carbonyl (C=O) groups excluding carboxylic acids is 2. The van der Waals surface area contributed by atoms with Gasteiger partial charge in [-0.15, -0.1) is 0 Å². The van der Waals surface area contributed by atoms with Crippen molar-refractivity contribution < 1.29 is 14.0 Å². The van der Waals surface area contributed by atoms with Gasteiger partial charge >= 0.3 is 0 Å². The molecule has 0 unspecified atom stereocenters. The summed E-state index contributed by atoms with van der Waals surface area (Å²) in [6.45, 7) is 2.21. The Balaban J connectivity index is 1.70. The molecule has 1 aliphatic carbocycles. The predicted octanol–water partition coefficient (Wildman–Crippen LogP) is 3.97. The minimum Gasteiger partial charge on any atom is -0.273 e. The molecule has 0 aromatic heterocycles. The molecule has 0 atom stereocenters. The first-order chi connectivity index (χ1) is 11.6. The molecule has 1 aliphatic rings. The van der Waals surface area contributed by atoms with Crippen LogP contribution in [0.15, 0.2) is 24.3 Å². The van der Waals surface area contributed by atoms with Crippen LogP contribution in [0.1, 0.15) is 68.6 Å². The normalized spacial score (nSPS) is 20.4. The molecule has 1 saturated carbocycles. The summed E-state index contributed by atoms with van der Waals surface area (Å²) < 4.78 is 12.8. The van der Waals surface area contributed by atoms with Crippen molar-refractivity contribution >= 4 is 11.8 Å². The van der Waals surface area contributed by atoms with Crippen LogP contribution in [0.2, 0.25) is 0 Å². The van der Waals surface area contributed by atoms with E-state index >= 15 is 0 Å². The summed E-state index contributed by atoms with van der Waals surface area (Å²) in [5, 5.41) is 0. The highest BCUT2D eigenvalue weighted by Gasteiger charge is 2.26. The highest BCUT2D eigenvalue weighted by molar-refractivity contribution is 5.95. The Morgan fingerprint density at radius 3 is 2.33 bits per heavy atom. The van der Waals surface area contributed by atoms with E-state index in [2.05, 4.69) is 17.8 Å². The third kappa shape index (κ3) is 5.62. The topological polar surface area (TPSA) is 58.2 Å². The van der Waals surface area contributed by atoms with Crippen LogP contribution in [-0.4, -0.2) is 11.8 Å². The molecule has 2 amide bonds. The van der Waals surface area contributed by atoms with E-state index in [0.717, 1.165) is 31.6 Å². The number of unbranched alkanes of at least 4 members (excludes halogenated alkanes) is 2. The standard InChI is InChI=1S/C19H27FN2O2/c1-2-3-4-5-14-6-8-15(9-7-14)18(23)21-22-19(24)16-10-12-17(20)13-11-16/h10-15H,2-9H2,1H3,(H,21,23)(H,22,24). The van der Waals surface area contributed by atoms with Gasteiger partial charge in [-0.1, -0.05) is 32.6 Å². The maximum absolute atomic E-state index is 12.8. The molecule has 2 N–H and O–H groups in total. The van der Waals surface area contributed by atoms with Gasteiger partial charge < -0.3 is 0 Å². The van der Waals surface area contributed by atoms with E-state index in [1.54, 1.807) is 0 Å². The van der Waals surface area contributed by atoms with Crippen molar-refractivity contribution in [3.8, 4) is 0 Å². The Labute approximate surface area is 143 Å². The van der Waals surface area contributed by atoms with Crippen LogP contribution in [0, 0.1) is 17.7 Å². The summed E-state index contributed by atoms with van der Waals surface area (Å²) in [4.78, 5) is 24.1. The molecule has 0 bridgehead atoms. The lowest BCUT2D eigenvalue weighted by Crippen LogP contribution is -2.45. The number of hydrazine groups is 1. The number of carbonyl (C=O) groups is 2. The quantitative estimate of drug-likeness (QED) is 0.611. The molecule has 4 nitrogen and oxygen atoms in total. The fourth-order valence-electron chi connectivity index (χ4n) is 3.29. The number of hydrogen-bond acceptors (Lipinski definition) is 2. The molecular weight excluding hydrogens is 307 g/mol. The van der Waals surface area contributed by atoms with Gasteiger partial charge in [-0.2, -0.15) is 0 Å². The summed E-state index contributed by atoms with van der Waals surface area (Å²) in [5.74, 6) is -0.240. The fourth-order valence-corrected chi connectivity index (χ4v) is 3.29. The number of benzene rings is 1. The van der Waals surface area contributed by atoms with Crippen molar-refractivity contribution in [1.82, 2.24) is 10.9 Å². The van der Waals surface area contributed by atoms with Crippen LogP contribution in [0.3, 0.4) is 0 Å². The van der Waals surface area contributed by atoms with Crippen LogP contribution >= 0.6 is 0 Å². The number of nitrogens with one attached hydrogen (secondary N) is 2. The van der Waals surface area contributed by atoms with Crippen molar-refractivity contribution in [2.45, 2.75) is 58.3 Å². The number of amides is 2. The van der Waals surface area contributed by atoms with E-state index in [1.165, 1.54) is 49.9 Å². The van der Waals surface area contributed by atoms with Gasteiger partial charge in [-0.05, 0) is 55.9 Å². The Morgan fingerprint density at radius 2 is 1.71 bits per heavy atom. The average Bonchev–Trinajstić information content (AvgIpc) is 2.61. The lowest BCUT2D eigenvalue weighted by Gasteiger charge is -2.27. The van der Waals surface area contributed by atoms with Crippen LogP contribution < -0.4 is 10.9 Å². The fraction of sp³-hybridized carbons (Fsp3) is 0.579. The summed E-state index contributed by atoms with van der Waals surface area (Å²) in [5.41, 5.74) is 5.22.